The third kappa shape index (κ3) is 4.28. The predicted octanol–water partition coefficient (Wildman–Crippen LogP) is 4.59. The summed E-state index contributed by atoms with van der Waals surface area (Å²) in [4.78, 5) is 23.9. The van der Waals surface area contributed by atoms with Crippen LogP contribution in [0, 0.1) is 12.3 Å². The van der Waals surface area contributed by atoms with Crippen LogP contribution in [0.5, 0.6) is 0 Å². The highest BCUT2D eigenvalue weighted by molar-refractivity contribution is 8.04. The third-order valence-electron chi connectivity index (χ3n) is 6.60. The molecule has 4 heterocycles. The maximum absolute atomic E-state index is 11.9. The van der Waals surface area contributed by atoms with Crippen LogP contribution in [0.2, 0.25) is 0 Å². The second-order valence-corrected chi connectivity index (χ2v) is 11.6. The van der Waals surface area contributed by atoms with Crippen LogP contribution >= 0.6 is 11.8 Å². The van der Waals surface area contributed by atoms with E-state index in [1.807, 2.05) is 32.7 Å². The fourth-order valence-electron chi connectivity index (χ4n) is 4.77. The number of benzene rings is 1. The molecule has 0 fully saturated rings. The summed E-state index contributed by atoms with van der Waals surface area (Å²) in [5.41, 5.74) is 12.9. The molecule has 36 heavy (non-hydrogen) atoms. The number of nitrogens with two attached hydrogens (primary N) is 1. The lowest BCUT2D eigenvalue weighted by molar-refractivity contribution is -0.113. The summed E-state index contributed by atoms with van der Waals surface area (Å²) in [6.45, 7) is 9.38. The summed E-state index contributed by atoms with van der Waals surface area (Å²) in [5, 5.41) is 5.45. The number of aryl methyl sites for hydroxylation is 3. The zero-order valence-electron chi connectivity index (χ0n) is 21.5. The average Bonchev–Trinajstić information content (AvgIpc) is 3.52. The number of carbonyl (C=O) groups is 1. The Kier molecular flexibility index (Phi) is 5.90. The van der Waals surface area contributed by atoms with E-state index in [1.54, 1.807) is 22.8 Å². The first kappa shape index (κ1) is 24.1. The van der Waals surface area contributed by atoms with Gasteiger partial charge in [-0.3, -0.25) is 9.48 Å². The molecule has 1 aromatic carbocycles. The molecule has 5 rings (SSSR count). The molecule has 1 unspecified atom stereocenters. The van der Waals surface area contributed by atoms with Crippen LogP contribution < -0.4 is 5.73 Å². The lowest BCUT2D eigenvalue weighted by Crippen LogP contribution is -2.35. The molecule has 0 spiro atoms. The molecule has 4 aromatic rings. The summed E-state index contributed by atoms with van der Waals surface area (Å²) < 4.78 is 3.88. The van der Waals surface area contributed by atoms with Crippen molar-refractivity contribution in [3.05, 3.63) is 65.2 Å². The Morgan fingerprint density at radius 2 is 1.92 bits per heavy atom. The van der Waals surface area contributed by atoms with Gasteiger partial charge in [-0.1, -0.05) is 44.7 Å². The Morgan fingerprint density at radius 1 is 1.14 bits per heavy atom. The highest BCUT2D eigenvalue weighted by atomic mass is 32.2. The van der Waals surface area contributed by atoms with Gasteiger partial charge in [0.05, 0.1) is 27.9 Å². The summed E-state index contributed by atoms with van der Waals surface area (Å²) in [7, 11) is 3.93. The minimum Gasteiger partial charge on any atom is -0.365 e. The standard InChI is InChI=1S/C27H31N7OS/c1-16-9-17(7-8-18(16)13-34-14-22(24(28)35)36-26(34)27(2,3)4)23-20-10-21(19-11-31-32(5)12-19)33(6)25(20)30-15-29-23/h7-12,14-15,26H,13H2,1-6H3,(H2,28,35). The van der Waals surface area contributed by atoms with Crippen LogP contribution in [0.4, 0.5) is 0 Å². The van der Waals surface area contributed by atoms with Crippen LogP contribution in [0.15, 0.2) is 54.1 Å². The lowest BCUT2D eigenvalue weighted by atomic mass is 9.95. The van der Waals surface area contributed by atoms with Gasteiger partial charge in [0.25, 0.3) is 5.91 Å². The van der Waals surface area contributed by atoms with Crippen molar-refractivity contribution in [2.75, 3.05) is 0 Å². The molecule has 0 aliphatic carbocycles. The van der Waals surface area contributed by atoms with Gasteiger partial charge in [0.1, 0.15) is 12.0 Å². The van der Waals surface area contributed by atoms with Gasteiger partial charge in [-0.2, -0.15) is 5.10 Å². The molecule has 3 aromatic heterocycles. The molecular weight excluding hydrogens is 470 g/mol. The minimum absolute atomic E-state index is 0.0158. The van der Waals surface area contributed by atoms with E-state index in [-0.39, 0.29) is 16.7 Å². The Balaban J connectivity index is 1.49. The molecule has 1 atom stereocenters. The monoisotopic (exact) mass is 501 g/mol. The van der Waals surface area contributed by atoms with E-state index in [9.17, 15) is 4.79 Å². The van der Waals surface area contributed by atoms with Crippen molar-refractivity contribution >= 4 is 28.7 Å². The summed E-state index contributed by atoms with van der Waals surface area (Å²) >= 11 is 1.55. The molecule has 1 amide bonds. The number of nitrogens with zero attached hydrogens (tertiary/aromatic N) is 6. The zero-order valence-corrected chi connectivity index (χ0v) is 22.3. The fraction of sp³-hybridized carbons (Fsp3) is 0.333. The average molecular weight is 502 g/mol. The number of hydrogen-bond acceptors (Lipinski definition) is 6. The molecule has 1 aliphatic heterocycles. The molecule has 8 nitrogen and oxygen atoms in total. The number of aromatic nitrogens is 5. The molecular formula is C27H31N7OS. The van der Waals surface area contributed by atoms with Crippen LogP contribution in [0.3, 0.4) is 0 Å². The van der Waals surface area contributed by atoms with E-state index in [0.29, 0.717) is 11.4 Å². The SMILES string of the molecule is Cc1cc(-c2ncnc3c2cc(-c2cnn(C)c2)n3C)ccc1CN1C=C(C(N)=O)SC1C(C)(C)C. The van der Waals surface area contributed by atoms with E-state index >= 15 is 0 Å². The van der Waals surface area contributed by atoms with Crippen molar-refractivity contribution in [1.29, 1.82) is 0 Å². The van der Waals surface area contributed by atoms with Crippen molar-refractivity contribution in [1.82, 2.24) is 29.2 Å². The maximum Gasteiger partial charge on any atom is 0.256 e. The third-order valence-corrected chi connectivity index (χ3v) is 8.36. The first-order valence-electron chi connectivity index (χ1n) is 11.9. The van der Waals surface area contributed by atoms with Gasteiger partial charge < -0.3 is 15.2 Å². The number of amides is 1. The van der Waals surface area contributed by atoms with Crippen LogP contribution in [0.25, 0.3) is 33.5 Å². The van der Waals surface area contributed by atoms with Crippen molar-refractivity contribution in [3.8, 4) is 22.5 Å². The summed E-state index contributed by atoms with van der Waals surface area (Å²) in [6, 6.07) is 8.59. The smallest absolute Gasteiger partial charge is 0.256 e. The molecule has 0 radical (unpaired) electrons. The topological polar surface area (TPSA) is 94.9 Å². The highest BCUT2D eigenvalue weighted by Gasteiger charge is 2.36. The first-order chi connectivity index (χ1) is 17.0. The number of thioether (sulfide) groups is 1. The fourth-order valence-corrected chi connectivity index (χ4v) is 5.95. The summed E-state index contributed by atoms with van der Waals surface area (Å²) in [6.07, 6.45) is 7.40. The number of fused-ring (bicyclic) bond motifs is 1. The van der Waals surface area contributed by atoms with E-state index in [1.165, 1.54) is 11.1 Å². The second-order valence-electron chi connectivity index (χ2n) is 10.5. The lowest BCUT2D eigenvalue weighted by Gasteiger charge is -2.35. The quantitative estimate of drug-likeness (QED) is 0.430. The van der Waals surface area contributed by atoms with E-state index in [2.05, 4.69) is 76.5 Å². The van der Waals surface area contributed by atoms with E-state index < -0.39 is 0 Å². The van der Waals surface area contributed by atoms with Gasteiger partial charge in [-0.25, -0.2) is 9.97 Å². The second kappa shape index (κ2) is 8.81. The summed E-state index contributed by atoms with van der Waals surface area (Å²) in [5.74, 6) is -0.370. The van der Waals surface area contributed by atoms with E-state index in [4.69, 9.17) is 5.73 Å². The van der Waals surface area contributed by atoms with Gasteiger partial charge in [-0.15, -0.1) is 0 Å². The molecule has 1 aliphatic rings. The number of rotatable bonds is 5. The molecule has 0 saturated carbocycles. The van der Waals surface area contributed by atoms with E-state index in [0.717, 1.165) is 33.5 Å². The Morgan fingerprint density at radius 3 is 2.56 bits per heavy atom. The maximum atomic E-state index is 11.9. The molecule has 0 bridgehead atoms. The zero-order chi connectivity index (χ0) is 25.8. The van der Waals surface area contributed by atoms with Crippen LogP contribution in [0.1, 0.15) is 31.9 Å². The Labute approximate surface area is 215 Å². The molecule has 0 saturated heterocycles. The Bertz CT molecular complexity index is 1510. The van der Waals surface area contributed by atoms with Crippen molar-refractivity contribution in [2.24, 2.45) is 25.2 Å². The normalized spacial score (nSPS) is 16.1. The van der Waals surface area contributed by atoms with Gasteiger partial charge >= 0.3 is 0 Å². The largest absolute Gasteiger partial charge is 0.365 e. The Hall–Kier alpha value is -3.59. The molecule has 186 valence electrons. The van der Waals surface area contributed by atoms with Gasteiger partial charge in [0, 0.05) is 49.6 Å². The number of carbonyl (C=O) groups excluding carboxylic acids is 1. The van der Waals surface area contributed by atoms with Gasteiger partial charge in [0.15, 0.2) is 0 Å². The first-order valence-corrected chi connectivity index (χ1v) is 12.7. The van der Waals surface area contributed by atoms with Crippen LogP contribution in [-0.4, -0.2) is 40.5 Å². The van der Waals surface area contributed by atoms with Gasteiger partial charge in [-0.05, 0) is 35.6 Å². The van der Waals surface area contributed by atoms with Crippen molar-refractivity contribution < 1.29 is 4.79 Å². The number of hydrogen-bond donors (Lipinski definition) is 1. The number of primary amides is 1. The predicted molar refractivity (Wildman–Crippen MR) is 145 cm³/mol. The van der Waals surface area contributed by atoms with Gasteiger partial charge in [0.2, 0.25) is 0 Å². The minimum atomic E-state index is -0.370. The van der Waals surface area contributed by atoms with Crippen molar-refractivity contribution in [2.45, 2.75) is 39.6 Å². The van der Waals surface area contributed by atoms with Crippen LogP contribution in [-0.2, 0) is 25.4 Å². The molecule has 2 N–H and O–H groups in total. The van der Waals surface area contributed by atoms with Crippen molar-refractivity contribution in [3.63, 3.8) is 0 Å². The molecule has 9 heteroatoms. The highest BCUT2D eigenvalue weighted by Crippen LogP contribution is 2.43.